The van der Waals surface area contributed by atoms with Gasteiger partial charge in [-0.1, -0.05) is 0 Å². The Bertz CT molecular complexity index is 244. The molecular formula is C3H8Na2O6S. The van der Waals surface area contributed by atoms with Crippen LogP contribution in [0.5, 0.6) is 0 Å². The zero-order chi connectivity index (χ0) is 8.58. The van der Waals surface area contributed by atoms with Crippen molar-refractivity contribution in [2.24, 2.45) is 0 Å². The number of hydrogen-bond acceptors (Lipinski definition) is 4. The molecule has 0 heterocycles. The van der Waals surface area contributed by atoms with Crippen LogP contribution in [0.1, 0.15) is 6.92 Å². The van der Waals surface area contributed by atoms with Crippen LogP contribution < -0.4 is 0 Å². The second-order valence-corrected chi connectivity index (χ2v) is 3.51. The summed E-state index contributed by atoms with van der Waals surface area (Å²) in [4.78, 5) is 6.76. The molecule has 6 nitrogen and oxygen atoms in total. The molecule has 0 aromatic carbocycles. The van der Waals surface area contributed by atoms with E-state index in [0.717, 1.165) is 0 Å². The van der Waals surface area contributed by atoms with Crippen molar-refractivity contribution in [1.29, 1.82) is 0 Å². The van der Waals surface area contributed by atoms with Crippen LogP contribution in [0.3, 0.4) is 0 Å². The Kier molecular flexibility index (Phi) is 9.41. The van der Waals surface area contributed by atoms with Crippen molar-refractivity contribution in [2.75, 3.05) is 0 Å². The molecule has 3 N–H and O–H groups in total. The topological polar surface area (TPSA) is 112 Å². The van der Waals surface area contributed by atoms with E-state index in [0.29, 0.717) is 6.92 Å². The van der Waals surface area contributed by atoms with Gasteiger partial charge in [0.25, 0.3) is 4.93 Å². The first-order valence-corrected chi connectivity index (χ1v) is 3.56. The third-order valence-corrected chi connectivity index (χ3v) is 2.08. The van der Waals surface area contributed by atoms with Crippen molar-refractivity contribution < 1.29 is 28.0 Å². The summed E-state index contributed by atoms with van der Waals surface area (Å²) in [7, 11) is -4.95. The van der Waals surface area contributed by atoms with Gasteiger partial charge in [0.1, 0.15) is 0 Å². The van der Waals surface area contributed by atoms with Gasteiger partial charge in [0.2, 0.25) is 0 Å². The SMILES string of the molecule is CC(O)(C(=O)O)S(=O)(=O)O.[NaH].[NaH]. The van der Waals surface area contributed by atoms with E-state index in [1.54, 1.807) is 0 Å². The molecule has 0 rings (SSSR count). The van der Waals surface area contributed by atoms with Gasteiger partial charge in [-0.2, -0.15) is 8.42 Å². The summed E-state index contributed by atoms with van der Waals surface area (Å²) < 4.78 is 28.1. The number of rotatable bonds is 2. The van der Waals surface area contributed by atoms with Crippen LogP contribution in [0.25, 0.3) is 0 Å². The van der Waals surface area contributed by atoms with Crippen LogP contribution in [0, 0.1) is 0 Å². The normalized spacial score (nSPS) is 14.9. The monoisotopic (exact) mass is 218 g/mol. The van der Waals surface area contributed by atoms with Gasteiger partial charge in [0.05, 0.1) is 0 Å². The molecule has 0 aromatic heterocycles. The Labute approximate surface area is 114 Å². The molecule has 0 aliphatic heterocycles. The van der Waals surface area contributed by atoms with Gasteiger partial charge in [-0.15, -0.1) is 0 Å². The van der Waals surface area contributed by atoms with E-state index in [2.05, 4.69) is 0 Å². The van der Waals surface area contributed by atoms with Crippen molar-refractivity contribution in [1.82, 2.24) is 0 Å². The molecule has 0 amide bonds. The fourth-order valence-corrected chi connectivity index (χ4v) is 0.331. The fourth-order valence-electron chi connectivity index (χ4n) is 0.110. The minimum absolute atomic E-state index is 0. The van der Waals surface area contributed by atoms with E-state index >= 15 is 0 Å². The van der Waals surface area contributed by atoms with Gasteiger partial charge in [-0.3, -0.25) is 4.55 Å². The summed E-state index contributed by atoms with van der Waals surface area (Å²) in [5.41, 5.74) is 0. The first-order chi connectivity index (χ1) is 4.19. The Morgan fingerprint density at radius 3 is 1.58 bits per heavy atom. The zero-order valence-corrected chi connectivity index (χ0v) is 5.79. The molecule has 0 radical (unpaired) electrons. The van der Waals surface area contributed by atoms with Crippen LogP contribution >= 0.6 is 0 Å². The summed E-state index contributed by atoms with van der Waals surface area (Å²) in [6.45, 7) is 0.463. The van der Waals surface area contributed by atoms with E-state index in [9.17, 15) is 13.2 Å². The second-order valence-electron chi connectivity index (χ2n) is 1.76. The predicted octanol–water partition coefficient (Wildman–Crippen LogP) is -2.63. The maximum absolute atomic E-state index is 10.0. The van der Waals surface area contributed by atoms with Gasteiger partial charge in [0, 0.05) is 0 Å². The van der Waals surface area contributed by atoms with Crippen LogP contribution in [-0.4, -0.2) is 93.2 Å². The van der Waals surface area contributed by atoms with Crippen molar-refractivity contribution in [3.8, 4) is 0 Å². The minimum atomic E-state index is -4.95. The number of hydrogen-bond donors (Lipinski definition) is 3. The van der Waals surface area contributed by atoms with Crippen molar-refractivity contribution in [3.63, 3.8) is 0 Å². The molecular weight excluding hydrogens is 210 g/mol. The molecule has 1 atom stereocenters. The van der Waals surface area contributed by atoms with Gasteiger partial charge < -0.3 is 10.2 Å². The molecule has 12 heavy (non-hydrogen) atoms. The Morgan fingerprint density at radius 2 is 1.58 bits per heavy atom. The third kappa shape index (κ3) is 4.54. The fraction of sp³-hybridized carbons (Fsp3) is 0.667. The molecule has 64 valence electrons. The van der Waals surface area contributed by atoms with E-state index in [1.165, 1.54) is 0 Å². The van der Waals surface area contributed by atoms with Crippen LogP contribution in [0.15, 0.2) is 0 Å². The number of carboxylic acids is 1. The zero-order valence-electron chi connectivity index (χ0n) is 4.97. The molecule has 0 saturated carbocycles. The number of aliphatic hydroxyl groups is 1. The summed E-state index contributed by atoms with van der Waals surface area (Å²) in [5, 5.41) is 16.5. The molecule has 9 heteroatoms. The second kappa shape index (κ2) is 5.94. The molecule has 1 unspecified atom stereocenters. The molecule has 0 aromatic rings. The summed E-state index contributed by atoms with van der Waals surface area (Å²) in [6, 6.07) is 0. The van der Waals surface area contributed by atoms with Gasteiger partial charge >= 0.3 is 75.2 Å². The van der Waals surface area contributed by atoms with Crippen LogP contribution in [0.4, 0.5) is 0 Å². The quantitative estimate of drug-likeness (QED) is 0.345. The maximum atomic E-state index is 10.0. The van der Waals surface area contributed by atoms with Crippen LogP contribution in [-0.2, 0) is 14.9 Å². The third-order valence-electron chi connectivity index (χ3n) is 0.899. The Hall–Kier alpha value is 1.34. The molecule has 0 fully saturated rings. The first kappa shape index (κ1) is 19.0. The average Bonchev–Trinajstić information content (AvgIpc) is 1.62. The molecule has 0 bridgehead atoms. The van der Waals surface area contributed by atoms with Gasteiger partial charge in [-0.05, 0) is 6.92 Å². The molecule has 0 aliphatic carbocycles. The van der Waals surface area contributed by atoms with E-state index in [4.69, 9.17) is 14.8 Å². The van der Waals surface area contributed by atoms with Gasteiger partial charge in [0.15, 0.2) is 0 Å². The molecule has 0 aliphatic rings. The predicted molar refractivity (Wildman–Crippen MR) is 44.1 cm³/mol. The summed E-state index contributed by atoms with van der Waals surface area (Å²) in [6.07, 6.45) is 0. The van der Waals surface area contributed by atoms with E-state index < -0.39 is 21.0 Å². The number of aliphatic carboxylic acids is 1. The van der Waals surface area contributed by atoms with E-state index in [1.807, 2.05) is 0 Å². The van der Waals surface area contributed by atoms with E-state index in [-0.39, 0.29) is 59.1 Å². The van der Waals surface area contributed by atoms with Crippen molar-refractivity contribution in [3.05, 3.63) is 0 Å². The first-order valence-electron chi connectivity index (χ1n) is 2.12. The number of carboxylic acid groups (broad SMARTS) is 1. The van der Waals surface area contributed by atoms with Crippen molar-refractivity contribution >= 4 is 75.2 Å². The summed E-state index contributed by atoms with van der Waals surface area (Å²) in [5.74, 6) is -2.02. The van der Waals surface area contributed by atoms with Crippen LogP contribution in [0.2, 0.25) is 0 Å². The molecule has 0 spiro atoms. The van der Waals surface area contributed by atoms with Gasteiger partial charge in [-0.25, -0.2) is 4.79 Å². The number of carbonyl (C=O) groups is 1. The Morgan fingerprint density at radius 1 is 1.33 bits per heavy atom. The van der Waals surface area contributed by atoms with Crippen molar-refractivity contribution in [2.45, 2.75) is 11.9 Å². The Balaban J connectivity index is -0.000000405. The average molecular weight is 218 g/mol. The summed E-state index contributed by atoms with van der Waals surface area (Å²) >= 11 is 0. The molecule has 0 saturated heterocycles. The standard InChI is InChI=1S/C3H6O6S.2Na.2H/c1-3(6,2(4)5)10(7,8)9;;;;/h6H,1H3,(H,4,5)(H,7,8,9);;;;.